The molecule has 0 saturated carbocycles. The van der Waals surface area contributed by atoms with Gasteiger partial charge in [-0.3, -0.25) is 4.98 Å². The second-order valence-electron chi connectivity index (χ2n) is 9.03. The van der Waals surface area contributed by atoms with Gasteiger partial charge in [0.05, 0.1) is 24.0 Å². The van der Waals surface area contributed by atoms with Crippen molar-refractivity contribution < 1.29 is 9.53 Å². The molecule has 4 rings (SSSR count). The smallest absolute Gasteiger partial charge is 0.330 e. The van der Waals surface area contributed by atoms with Crippen molar-refractivity contribution in [2.24, 2.45) is 0 Å². The molecule has 180 valence electrons. The maximum Gasteiger partial charge on any atom is 0.330 e. The summed E-state index contributed by atoms with van der Waals surface area (Å²) in [6, 6.07) is 17.3. The zero-order valence-corrected chi connectivity index (χ0v) is 21.3. The summed E-state index contributed by atoms with van der Waals surface area (Å²) in [4.78, 5) is 17.0. The molecule has 0 aliphatic rings. The average molecular weight is 467 g/mol. The highest BCUT2D eigenvalue weighted by atomic mass is 16.5. The van der Waals surface area contributed by atoms with Gasteiger partial charge in [-0.2, -0.15) is 0 Å². The van der Waals surface area contributed by atoms with Crippen molar-refractivity contribution in [3.05, 3.63) is 89.3 Å². The molecule has 0 saturated heterocycles. The van der Waals surface area contributed by atoms with Crippen LogP contribution in [-0.2, 0) is 22.4 Å². The largest absolute Gasteiger partial charge is 0.463 e. The van der Waals surface area contributed by atoms with Crippen molar-refractivity contribution in [3.63, 3.8) is 0 Å². The van der Waals surface area contributed by atoms with Crippen LogP contribution in [0, 0.1) is 0 Å². The van der Waals surface area contributed by atoms with Crippen LogP contribution in [0.3, 0.4) is 0 Å². The number of rotatable bonds is 8. The fourth-order valence-electron chi connectivity index (χ4n) is 4.57. The summed E-state index contributed by atoms with van der Waals surface area (Å²) in [5, 5.41) is 1.05. The molecular weight excluding hydrogens is 432 g/mol. The predicted octanol–water partition coefficient (Wildman–Crippen LogP) is 7.52. The molecule has 35 heavy (non-hydrogen) atoms. The molecule has 0 aliphatic heterocycles. The summed E-state index contributed by atoms with van der Waals surface area (Å²) in [6.07, 6.45) is 9.26. The maximum atomic E-state index is 12.1. The van der Waals surface area contributed by atoms with Crippen molar-refractivity contribution in [2.75, 3.05) is 6.61 Å². The van der Waals surface area contributed by atoms with Gasteiger partial charge in [0.1, 0.15) is 0 Å². The number of hydrogen-bond acceptors (Lipinski definition) is 3. The van der Waals surface area contributed by atoms with E-state index in [-0.39, 0.29) is 5.97 Å². The maximum absolute atomic E-state index is 12.1. The zero-order chi connectivity index (χ0) is 24.9. The van der Waals surface area contributed by atoms with Gasteiger partial charge >= 0.3 is 5.97 Å². The Morgan fingerprint density at radius 1 is 1.03 bits per heavy atom. The molecule has 0 radical (unpaired) electrons. The van der Waals surface area contributed by atoms with Gasteiger partial charge in [0, 0.05) is 34.5 Å². The lowest BCUT2D eigenvalue weighted by atomic mass is 9.94. The monoisotopic (exact) mass is 466 g/mol. The molecule has 4 nitrogen and oxygen atoms in total. The number of esters is 1. The number of carbonyl (C=O) groups is 1. The Balaban J connectivity index is 1.90. The fourth-order valence-corrected chi connectivity index (χ4v) is 4.57. The standard InChI is InChI=1S/C31H34N2O2/c1-6-22-10-9-11-23(7-2)31(22)28-18-27-25(14-17-30(34)35-8-3)20-33(29(27)19-32-28)26-15-12-24(13-16-26)21(4)5/h9-21H,6-8H2,1-5H3. The number of carbonyl (C=O) groups excluding carboxylic acids is 1. The van der Waals surface area contributed by atoms with Crippen LogP contribution in [0.25, 0.3) is 33.9 Å². The van der Waals surface area contributed by atoms with E-state index in [1.54, 1.807) is 0 Å². The third-order valence-corrected chi connectivity index (χ3v) is 6.50. The van der Waals surface area contributed by atoms with E-state index in [1.807, 2.05) is 19.2 Å². The van der Waals surface area contributed by atoms with Crippen molar-refractivity contribution in [1.82, 2.24) is 9.55 Å². The lowest BCUT2D eigenvalue weighted by Crippen LogP contribution is -1.98. The van der Waals surface area contributed by atoms with E-state index < -0.39 is 0 Å². The Hall–Kier alpha value is -3.66. The van der Waals surface area contributed by atoms with Gasteiger partial charge in [-0.15, -0.1) is 0 Å². The van der Waals surface area contributed by atoms with Gasteiger partial charge in [0.15, 0.2) is 0 Å². The van der Waals surface area contributed by atoms with Crippen LogP contribution in [-0.4, -0.2) is 22.1 Å². The number of pyridine rings is 1. The lowest BCUT2D eigenvalue weighted by molar-refractivity contribution is -0.137. The van der Waals surface area contributed by atoms with E-state index in [9.17, 15) is 4.79 Å². The molecule has 0 bridgehead atoms. The highest BCUT2D eigenvalue weighted by Gasteiger charge is 2.15. The molecule has 0 unspecified atom stereocenters. The Kier molecular flexibility index (Phi) is 7.50. The van der Waals surface area contributed by atoms with E-state index in [0.29, 0.717) is 12.5 Å². The van der Waals surface area contributed by atoms with E-state index in [1.165, 1.54) is 28.3 Å². The van der Waals surface area contributed by atoms with Crippen LogP contribution in [0.1, 0.15) is 62.8 Å². The molecule has 2 aromatic carbocycles. The number of aromatic nitrogens is 2. The van der Waals surface area contributed by atoms with Crippen LogP contribution in [0.4, 0.5) is 0 Å². The summed E-state index contributed by atoms with van der Waals surface area (Å²) in [5.41, 5.74) is 9.09. The first-order valence-electron chi connectivity index (χ1n) is 12.5. The van der Waals surface area contributed by atoms with Gasteiger partial charge in [-0.05, 0) is 66.6 Å². The third kappa shape index (κ3) is 5.07. The summed E-state index contributed by atoms with van der Waals surface area (Å²) in [6.45, 7) is 10.9. The third-order valence-electron chi connectivity index (χ3n) is 6.50. The minimum absolute atomic E-state index is 0.339. The normalized spacial score (nSPS) is 11.6. The molecule has 0 aliphatic carbocycles. The number of aryl methyl sites for hydroxylation is 2. The second-order valence-corrected chi connectivity index (χ2v) is 9.03. The first-order valence-corrected chi connectivity index (χ1v) is 12.5. The Morgan fingerprint density at radius 3 is 2.31 bits per heavy atom. The molecule has 4 heteroatoms. The van der Waals surface area contributed by atoms with Gasteiger partial charge < -0.3 is 9.30 Å². The average Bonchev–Trinajstić information content (AvgIpc) is 3.25. The zero-order valence-electron chi connectivity index (χ0n) is 21.3. The second kappa shape index (κ2) is 10.7. The number of nitrogens with zero attached hydrogens (tertiary/aromatic N) is 2. The fraction of sp³-hybridized carbons (Fsp3) is 0.290. The Labute approximate surface area is 208 Å². The van der Waals surface area contributed by atoms with Gasteiger partial charge in [0.25, 0.3) is 0 Å². The van der Waals surface area contributed by atoms with Gasteiger partial charge in [-0.1, -0.05) is 58.0 Å². The molecular formula is C31H34N2O2. The SMILES string of the molecule is CCOC(=O)C=Cc1cn(-c2ccc(C(C)C)cc2)c2cnc(-c3c(CC)cccc3CC)cc12. The minimum Gasteiger partial charge on any atom is -0.463 e. The number of benzene rings is 2. The first kappa shape index (κ1) is 24.5. The number of ether oxygens (including phenoxy) is 1. The molecule has 4 aromatic rings. The van der Waals surface area contributed by atoms with Crippen molar-refractivity contribution in [1.29, 1.82) is 0 Å². The van der Waals surface area contributed by atoms with Gasteiger partial charge in [-0.25, -0.2) is 4.79 Å². The van der Waals surface area contributed by atoms with Crippen LogP contribution >= 0.6 is 0 Å². The highest BCUT2D eigenvalue weighted by molar-refractivity contribution is 5.96. The molecule has 0 atom stereocenters. The minimum atomic E-state index is -0.339. The number of hydrogen-bond donors (Lipinski definition) is 0. The van der Waals surface area contributed by atoms with Crippen molar-refractivity contribution >= 4 is 22.9 Å². The first-order chi connectivity index (χ1) is 17.0. The van der Waals surface area contributed by atoms with Crippen LogP contribution in [0.5, 0.6) is 0 Å². The summed E-state index contributed by atoms with van der Waals surface area (Å²) in [7, 11) is 0. The molecule has 0 N–H and O–H groups in total. The molecule has 0 spiro atoms. The molecule has 0 amide bonds. The van der Waals surface area contributed by atoms with Gasteiger partial charge in [0.2, 0.25) is 0 Å². The molecule has 0 fully saturated rings. The Bertz CT molecular complexity index is 1340. The van der Waals surface area contributed by atoms with E-state index >= 15 is 0 Å². The van der Waals surface area contributed by atoms with E-state index in [0.717, 1.165) is 40.7 Å². The van der Waals surface area contributed by atoms with Crippen LogP contribution < -0.4 is 0 Å². The predicted molar refractivity (Wildman–Crippen MR) is 145 cm³/mol. The summed E-state index contributed by atoms with van der Waals surface area (Å²) in [5.74, 6) is 0.137. The van der Waals surface area contributed by atoms with E-state index in [4.69, 9.17) is 9.72 Å². The van der Waals surface area contributed by atoms with Crippen molar-refractivity contribution in [2.45, 2.75) is 53.4 Å². The van der Waals surface area contributed by atoms with E-state index in [2.05, 4.69) is 87.0 Å². The molecule has 2 aromatic heterocycles. The quantitative estimate of drug-likeness (QED) is 0.199. The number of fused-ring (bicyclic) bond motifs is 1. The summed E-state index contributed by atoms with van der Waals surface area (Å²) < 4.78 is 7.26. The topological polar surface area (TPSA) is 44.1 Å². The van der Waals surface area contributed by atoms with Crippen molar-refractivity contribution in [3.8, 4) is 16.9 Å². The molecule has 2 heterocycles. The highest BCUT2D eigenvalue weighted by Crippen LogP contribution is 2.33. The lowest BCUT2D eigenvalue weighted by Gasteiger charge is -2.13. The van der Waals surface area contributed by atoms with Crippen LogP contribution in [0.15, 0.2) is 67.0 Å². The Morgan fingerprint density at radius 2 is 1.71 bits per heavy atom. The van der Waals surface area contributed by atoms with Crippen LogP contribution in [0.2, 0.25) is 0 Å². The summed E-state index contributed by atoms with van der Waals surface area (Å²) >= 11 is 0.